The van der Waals surface area contributed by atoms with Crippen molar-refractivity contribution in [3.63, 3.8) is 0 Å². The number of hydrazine groups is 1. The van der Waals surface area contributed by atoms with Crippen molar-refractivity contribution in [2.45, 2.75) is 33.1 Å². The van der Waals surface area contributed by atoms with E-state index >= 15 is 0 Å². The molecule has 0 aliphatic heterocycles. The van der Waals surface area contributed by atoms with E-state index in [4.69, 9.17) is 4.74 Å². The maximum absolute atomic E-state index is 11.9. The number of aryl methyl sites for hydroxylation is 2. The Bertz CT molecular complexity index is 729. The highest BCUT2D eigenvalue weighted by Crippen LogP contribution is 2.19. The zero-order valence-electron chi connectivity index (χ0n) is 14.8. The normalized spacial score (nSPS) is 11.5. The molecule has 0 aliphatic rings. The highest BCUT2D eigenvalue weighted by atomic mass is 16.5. The summed E-state index contributed by atoms with van der Waals surface area (Å²) < 4.78 is 5.50. The number of nitrogens with one attached hydrogen (secondary N) is 2. The minimum Gasteiger partial charge on any atom is -0.483 e. The molecule has 2 aromatic rings. The lowest BCUT2D eigenvalue weighted by atomic mass is 9.98. The number of hydrogen-bond donors (Lipinski definition) is 2. The number of amides is 2. The smallest absolute Gasteiger partial charge is 0.276 e. The number of hydrogen-bond acceptors (Lipinski definition) is 3. The molecule has 2 N–H and O–H groups in total. The van der Waals surface area contributed by atoms with E-state index in [9.17, 15) is 9.59 Å². The third-order valence-electron chi connectivity index (χ3n) is 3.90. The Balaban J connectivity index is 1.74. The first-order valence-electron chi connectivity index (χ1n) is 8.28. The summed E-state index contributed by atoms with van der Waals surface area (Å²) in [5.74, 6) is 0.0986. The molecule has 5 heteroatoms. The molecule has 2 amide bonds. The number of rotatable bonds is 6. The van der Waals surface area contributed by atoms with E-state index in [1.54, 1.807) is 0 Å². The predicted octanol–water partition coefficient (Wildman–Crippen LogP) is 3.02. The topological polar surface area (TPSA) is 67.4 Å². The van der Waals surface area contributed by atoms with Crippen LogP contribution in [0.2, 0.25) is 0 Å². The predicted molar refractivity (Wildman–Crippen MR) is 97.2 cm³/mol. The van der Waals surface area contributed by atoms with E-state index in [0.717, 1.165) is 16.7 Å². The number of ether oxygens (including phenoxy) is 1. The van der Waals surface area contributed by atoms with E-state index in [1.165, 1.54) is 0 Å². The maximum atomic E-state index is 11.9. The second kappa shape index (κ2) is 8.87. The quantitative estimate of drug-likeness (QED) is 0.794. The van der Waals surface area contributed by atoms with Crippen LogP contribution in [0.15, 0.2) is 48.5 Å². The van der Waals surface area contributed by atoms with Gasteiger partial charge in [-0.3, -0.25) is 20.4 Å². The van der Waals surface area contributed by atoms with Gasteiger partial charge in [0.2, 0.25) is 5.91 Å². The highest BCUT2D eigenvalue weighted by Gasteiger charge is 2.12. The monoisotopic (exact) mass is 340 g/mol. The van der Waals surface area contributed by atoms with Crippen molar-refractivity contribution < 1.29 is 14.3 Å². The zero-order valence-corrected chi connectivity index (χ0v) is 14.8. The molecule has 132 valence electrons. The summed E-state index contributed by atoms with van der Waals surface area (Å²) in [5.41, 5.74) is 7.91. The van der Waals surface area contributed by atoms with Gasteiger partial charge in [-0.05, 0) is 42.5 Å². The van der Waals surface area contributed by atoms with Crippen molar-refractivity contribution in [2.24, 2.45) is 0 Å². The Labute approximate surface area is 148 Å². The molecule has 0 aliphatic carbocycles. The number of carbonyl (C=O) groups excluding carboxylic acids is 2. The molecule has 0 spiro atoms. The van der Waals surface area contributed by atoms with E-state index in [0.29, 0.717) is 12.2 Å². The van der Waals surface area contributed by atoms with Crippen LogP contribution in [0.5, 0.6) is 5.75 Å². The number of carbonyl (C=O) groups is 2. The van der Waals surface area contributed by atoms with Crippen LogP contribution in [0.1, 0.15) is 36.0 Å². The Hall–Kier alpha value is -2.82. The molecule has 5 nitrogen and oxygen atoms in total. The molecule has 0 fully saturated rings. The first-order valence-corrected chi connectivity index (χ1v) is 8.28. The Morgan fingerprint density at radius 2 is 1.68 bits per heavy atom. The van der Waals surface area contributed by atoms with Crippen LogP contribution in [-0.2, 0) is 9.59 Å². The van der Waals surface area contributed by atoms with Crippen LogP contribution < -0.4 is 15.6 Å². The van der Waals surface area contributed by atoms with Gasteiger partial charge in [-0.2, -0.15) is 0 Å². The third kappa shape index (κ3) is 5.95. The lowest BCUT2D eigenvalue weighted by Gasteiger charge is -2.13. The van der Waals surface area contributed by atoms with E-state index in [-0.39, 0.29) is 18.4 Å². The van der Waals surface area contributed by atoms with Gasteiger partial charge in [-0.1, -0.05) is 49.4 Å². The Kier molecular flexibility index (Phi) is 6.57. The van der Waals surface area contributed by atoms with Gasteiger partial charge in [0.15, 0.2) is 6.61 Å². The molecule has 25 heavy (non-hydrogen) atoms. The Morgan fingerprint density at radius 3 is 2.40 bits per heavy atom. The van der Waals surface area contributed by atoms with Gasteiger partial charge in [-0.15, -0.1) is 0 Å². The van der Waals surface area contributed by atoms with Gasteiger partial charge in [0.05, 0.1) is 0 Å². The maximum Gasteiger partial charge on any atom is 0.276 e. The van der Waals surface area contributed by atoms with E-state index in [1.807, 2.05) is 69.3 Å². The van der Waals surface area contributed by atoms with Gasteiger partial charge in [0.1, 0.15) is 5.75 Å². The molecule has 0 saturated heterocycles. The lowest BCUT2D eigenvalue weighted by Crippen LogP contribution is -2.44. The summed E-state index contributed by atoms with van der Waals surface area (Å²) in [6, 6.07) is 15.6. The molecule has 0 unspecified atom stereocenters. The van der Waals surface area contributed by atoms with Gasteiger partial charge >= 0.3 is 0 Å². The summed E-state index contributed by atoms with van der Waals surface area (Å²) in [6.07, 6.45) is 0.294. The molecule has 0 radical (unpaired) electrons. The van der Waals surface area contributed by atoms with Crippen molar-refractivity contribution in [1.29, 1.82) is 0 Å². The fraction of sp³-hybridized carbons (Fsp3) is 0.300. The summed E-state index contributed by atoms with van der Waals surface area (Å²) in [5, 5.41) is 0. The van der Waals surface area contributed by atoms with Crippen molar-refractivity contribution >= 4 is 11.8 Å². The molecular weight excluding hydrogens is 316 g/mol. The summed E-state index contributed by atoms with van der Waals surface area (Å²) in [4.78, 5) is 23.8. The number of benzene rings is 2. The van der Waals surface area contributed by atoms with Crippen molar-refractivity contribution in [3.8, 4) is 5.75 Å². The molecule has 1 atom stereocenters. The van der Waals surface area contributed by atoms with Crippen LogP contribution in [0.25, 0.3) is 0 Å². The van der Waals surface area contributed by atoms with Gasteiger partial charge in [0.25, 0.3) is 5.91 Å². The van der Waals surface area contributed by atoms with Crippen LogP contribution >= 0.6 is 0 Å². The molecule has 0 heterocycles. The first-order chi connectivity index (χ1) is 12.0. The van der Waals surface area contributed by atoms with Crippen molar-refractivity contribution in [2.75, 3.05) is 6.61 Å². The fourth-order valence-corrected chi connectivity index (χ4v) is 2.41. The lowest BCUT2D eigenvalue weighted by molar-refractivity contribution is -0.130. The fourth-order valence-electron chi connectivity index (χ4n) is 2.41. The minimum absolute atomic E-state index is 0.0734. The summed E-state index contributed by atoms with van der Waals surface area (Å²) >= 11 is 0. The Morgan fingerprint density at radius 1 is 1.00 bits per heavy atom. The average Bonchev–Trinajstić information content (AvgIpc) is 2.61. The first kappa shape index (κ1) is 18.5. The average molecular weight is 340 g/mol. The SMILES string of the molecule is Cc1ccc(C)c(OCC(=O)NNC(=O)C[C@@H](C)c2ccccc2)c1. The summed E-state index contributed by atoms with van der Waals surface area (Å²) in [6.45, 7) is 5.69. The second-order valence-electron chi connectivity index (χ2n) is 6.17. The summed E-state index contributed by atoms with van der Waals surface area (Å²) in [7, 11) is 0. The van der Waals surface area contributed by atoms with Crippen LogP contribution in [0, 0.1) is 13.8 Å². The minimum atomic E-state index is -0.401. The van der Waals surface area contributed by atoms with E-state index < -0.39 is 5.91 Å². The second-order valence-corrected chi connectivity index (χ2v) is 6.17. The van der Waals surface area contributed by atoms with Gasteiger partial charge < -0.3 is 4.74 Å². The van der Waals surface area contributed by atoms with Crippen LogP contribution in [0.3, 0.4) is 0 Å². The molecule has 0 bridgehead atoms. The standard InChI is InChI=1S/C20H24N2O3/c1-14-9-10-15(2)18(11-14)25-13-20(24)22-21-19(23)12-16(3)17-7-5-4-6-8-17/h4-11,16H,12-13H2,1-3H3,(H,21,23)(H,22,24)/t16-/m1/s1. The zero-order chi connectivity index (χ0) is 18.2. The van der Waals surface area contributed by atoms with E-state index in [2.05, 4.69) is 10.9 Å². The molecule has 2 rings (SSSR count). The van der Waals surface area contributed by atoms with Crippen LogP contribution in [0.4, 0.5) is 0 Å². The third-order valence-corrected chi connectivity index (χ3v) is 3.90. The van der Waals surface area contributed by atoms with Crippen molar-refractivity contribution in [3.05, 3.63) is 65.2 Å². The largest absolute Gasteiger partial charge is 0.483 e. The van der Waals surface area contributed by atoms with Crippen molar-refractivity contribution in [1.82, 2.24) is 10.9 Å². The molecule has 2 aromatic carbocycles. The van der Waals surface area contributed by atoms with Gasteiger partial charge in [0, 0.05) is 6.42 Å². The van der Waals surface area contributed by atoms with Crippen LogP contribution in [-0.4, -0.2) is 18.4 Å². The molecule has 0 saturated carbocycles. The highest BCUT2D eigenvalue weighted by molar-refractivity contribution is 5.83. The molecule has 0 aromatic heterocycles. The van der Waals surface area contributed by atoms with Gasteiger partial charge in [-0.25, -0.2) is 0 Å². The molecular formula is C20H24N2O3.